The summed E-state index contributed by atoms with van der Waals surface area (Å²) in [5.41, 5.74) is 10.3. The SMILES string of the molecule is Cc1ncsc1CN(C)c1ccc(F)cc1CN. The first-order chi connectivity index (χ1) is 8.61. The van der Waals surface area contributed by atoms with E-state index >= 15 is 0 Å². The van der Waals surface area contributed by atoms with Crippen LogP contribution in [0.15, 0.2) is 23.7 Å². The number of rotatable bonds is 4. The number of thiazole rings is 1. The fourth-order valence-electron chi connectivity index (χ4n) is 1.87. The molecule has 0 saturated heterocycles. The number of nitrogens with zero attached hydrogens (tertiary/aromatic N) is 2. The van der Waals surface area contributed by atoms with E-state index in [0.717, 1.165) is 23.5 Å². The van der Waals surface area contributed by atoms with Gasteiger partial charge in [-0.2, -0.15) is 0 Å². The molecule has 0 unspecified atom stereocenters. The van der Waals surface area contributed by atoms with Crippen LogP contribution >= 0.6 is 11.3 Å². The predicted octanol–water partition coefficient (Wildman–Crippen LogP) is 2.69. The highest BCUT2D eigenvalue weighted by Crippen LogP contribution is 2.23. The molecule has 0 amide bonds. The Hall–Kier alpha value is -1.46. The van der Waals surface area contributed by atoms with Crippen molar-refractivity contribution in [1.29, 1.82) is 0 Å². The van der Waals surface area contributed by atoms with Crippen molar-refractivity contribution in [3.8, 4) is 0 Å². The lowest BCUT2D eigenvalue weighted by Crippen LogP contribution is -2.19. The van der Waals surface area contributed by atoms with Crippen LogP contribution in [0.3, 0.4) is 0 Å². The van der Waals surface area contributed by atoms with Crippen LogP contribution in [0.1, 0.15) is 16.1 Å². The Morgan fingerprint density at radius 1 is 1.44 bits per heavy atom. The number of halogens is 1. The summed E-state index contributed by atoms with van der Waals surface area (Å²) in [5, 5.41) is 0. The number of hydrogen-bond donors (Lipinski definition) is 1. The van der Waals surface area contributed by atoms with Crippen molar-refractivity contribution in [2.24, 2.45) is 5.73 Å². The van der Waals surface area contributed by atoms with Crippen LogP contribution in [0.4, 0.5) is 10.1 Å². The fraction of sp³-hybridized carbons (Fsp3) is 0.308. The highest BCUT2D eigenvalue weighted by Gasteiger charge is 2.10. The van der Waals surface area contributed by atoms with Gasteiger partial charge in [0.05, 0.1) is 17.7 Å². The number of aromatic nitrogens is 1. The van der Waals surface area contributed by atoms with Gasteiger partial charge >= 0.3 is 0 Å². The molecule has 0 bridgehead atoms. The van der Waals surface area contributed by atoms with Crippen LogP contribution in [-0.2, 0) is 13.1 Å². The summed E-state index contributed by atoms with van der Waals surface area (Å²) in [7, 11) is 1.98. The minimum atomic E-state index is -0.249. The summed E-state index contributed by atoms with van der Waals surface area (Å²) in [6.45, 7) is 3.09. The summed E-state index contributed by atoms with van der Waals surface area (Å²) < 4.78 is 13.2. The molecule has 0 aliphatic rings. The molecule has 96 valence electrons. The average molecular weight is 265 g/mol. The van der Waals surface area contributed by atoms with Crippen molar-refractivity contribution in [3.63, 3.8) is 0 Å². The van der Waals surface area contributed by atoms with E-state index < -0.39 is 0 Å². The van der Waals surface area contributed by atoms with Crippen LogP contribution in [0.2, 0.25) is 0 Å². The van der Waals surface area contributed by atoms with Gasteiger partial charge in [0.15, 0.2) is 0 Å². The van der Waals surface area contributed by atoms with Gasteiger partial charge in [-0.3, -0.25) is 0 Å². The van der Waals surface area contributed by atoms with Crippen LogP contribution in [0.5, 0.6) is 0 Å². The molecule has 0 aliphatic heterocycles. The monoisotopic (exact) mass is 265 g/mol. The average Bonchev–Trinajstić information content (AvgIpc) is 2.74. The molecule has 0 aliphatic carbocycles. The van der Waals surface area contributed by atoms with Gasteiger partial charge in [-0.25, -0.2) is 9.37 Å². The van der Waals surface area contributed by atoms with Crippen molar-refractivity contribution < 1.29 is 4.39 Å². The zero-order chi connectivity index (χ0) is 13.1. The highest BCUT2D eigenvalue weighted by molar-refractivity contribution is 7.09. The Balaban J connectivity index is 2.23. The van der Waals surface area contributed by atoms with E-state index in [0.29, 0.717) is 6.54 Å². The van der Waals surface area contributed by atoms with E-state index in [2.05, 4.69) is 9.88 Å². The molecule has 0 spiro atoms. The maximum absolute atomic E-state index is 13.2. The normalized spacial score (nSPS) is 10.7. The summed E-state index contributed by atoms with van der Waals surface area (Å²) in [6.07, 6.45) is 0. The molecule has 1 heterocycles. The van der Waals surface area contributed by atoms with Crippen molar-refractivity contribution >= 4 is 17.0 Å². The zero-order valence-electron chi connectivity index (χ0n) is 10.5. The first-order valence-corrected chi connectivity index (χ1v) is 6.58. The first-order valence-electron chi connectivity index (χ1n) is 5.70. The van der Waals surface area contributed by atoms with Gasteiger partial charge in [0.2, 0.25) is 0 Å². The Morgan fingerprint density at radius 2 is 2.22 bits per heavy atom. The molecule has 1 aromatic heterocycles. The summed E-state index contributed by atoms with van der Waals surface area (Å²) in [6, 6.07) is 4.73. The van der Waals surface area contributed by atoms with Gasteiger partial charge in [-0.05, 0) is 30.7 Å². The topological polar surface area (TPSA) is 42.2 Å². The fourth-order valence-corrected chi connectivity index (χ4v) is 2.70. The highest BCUT2D eigenvalue weighted by atomic mass is 32.1. The molecule has 2 rings (SSSR count). The molecule has 0 atom stereocenters. The van der Waals surface area contributed by atoms with E-state index in [9.17, 15) is 4.39 Å². The van der Waals surface area contributed by atoms with Crippen LogP contribution in [-0.4, -0.2) is 12.0 Å². The lowest BCUT2D eigenvalue weighted by atomic mass is 10.1. The van der Waals surface area contributed by atoms with Crippen molar-refractivity contribution in [1.82, 2.24) is 4.98 Å². The van der Waals surface area contributed by atoms with Crippen LogP contribution in [0.25, 0.3) is 0 Å². The summed E-state index contributed by atoms with van der Waals surface area (Å²) >= 11 is 1.63. The van der Waals surface area contributed by atoms with E-state index in [-0.39, 0.29) is 5.82 Å². The van der Waals surface area contributed by atoms with Crippen molar-refractivity contribution in [2.75, 3.05) is 11.9 Å². The maximum Gasteiger partial charge on any atom is 0.123 e. The van der Waals surface area contributed by atoms with Crippen LogP contribution in [0, 0.1) is 12.7 Å². The smallest absolute Gasteiger partial charge is 0.123 e. The summed E-state index contributed by atoms with van der Waals surface area (Å²) in [4.78, 5) is 7.51. The molecule has 18 heavy (non-hydrogen) atoms. The minimum Gasteiger partial charge on any atom is -0.369 e. The van der Waals surface area contributed by atoms with Crippen LogP contribution < -0.4 is 10.6 Å². The molecule has 5 heteroatoms. The van der Waals surface area contributed by atoms with Crippen molar-refractivity contribution in [2.45, 2.75) is 20.0 Å². The largest absolute Gasteiger partial charge is 0.369 e. The van der Waals surface area contributed by atoms with Gasteiger partial charge in [0.25, 0.3) is 0 Å². The van der Waals surface area contributed by atoms with E-state index in [1.165, 1.54) is 17.0 Å². The van der Waals surface area contributed by atoms with Gasteiger partial charge in [-0.15, -0.1) is 11.3 Å². The Bertz CT molecular complexity index is 539. The van der Waals surface area contributed by atoms with E-state index in [1.54, 1.807) is 17.4 Å². The zero-order valence-corrected chi connectivity index (χ0v) is 11.3. The van der Waals surface area contributed by atoms with E-state index in [4.69, 9.17) is 5.73 Å². The van der Waals surface area contributed by atoms with Gasteiger partial charge in [0, 0.05) is 24.2 Å². The number of hydrogen-bond acceptors (Lipinski definition) is 4. The van der Waals surface area contributed by atoms with Gasteiger partial charge in [0.1, 0.15) is 5.82 Å². The molecule has 1 aromatic carbocycles. The maximum atomic E-state index is 13.2. The number of nitrogens with two attached hydrogens (primary N) is 1. The standard InChI is InChI=1S/C13H16FN3S/c1-9-13(18-8-16-9)7-17(2)12-4-3-11(14)5-10(12)6-15/h3-5,8H,6-7,15H2,1-2H3. The third-order valence-electron chi connectivity index (χ3n) is 2.90. The molecular weight excluding hydrogens is 249 g/mol. The lowest BCUT2D eigenvalue weighted by Gasteiger charge is -2.21. The molecule has 3 nitrogen and oxygen atoms in total. The van der Waals surface area contributed by atoms with Crippen molar-refractivity contribution in [3.05, 3.63) is 45.7 Å². The number of aryl methyl sites for hydroxylation is 1. The minimum absolute atomic E-state index is 0.249. The predicted molar refractivity (Wildman–Crippen MR) is 73.2 cm³/mol. The molecular formula is C13H16FN3S. The number of anilines is 1. The number of benzene rings is 1. The van der Waals surface area contributed by atoms with Gasteiger partial charge in [-0.1, -0.05) is 0 Å². The van der Waals surface area contributed by atoms with E-state index in [1.807, 2.05) is 19.5 Å². The summed E-state index contributed by atoms with van der Waals surface area (Å²) in [5.74, 6) is -0.249. The van der Waals surface area contributed by atoms with Gasteiger partial charge < -0.3 is 10.6 Å². The molecule has 0 radical (unpaired) electrons. The quantitative estimate of drug-likeness (QED) is 0.924. The Labute approximate surface area is 110 Å². The Morgan fingerprint density at radius 3 is 2.83 bits per heavy atom. The third kappa shape index (κ3) is 2.68. The third-order valence-corrected chi connectivity index (χ3v) is 3.82. The Kier molecular flexibility index (Phi) is 3.93. The second-order valence-corrected chi connectivity index (χ2v) is 5.13. The lowest BCUT2D eigenvalue weighted by molar-refractivity contribution is 0.625. The molecule has 2 aromatic rings. The molecule has 2 N–H and O–H groups in total. The molecule has 0 saturated carbocycles. The second kappa shape index (κ2) is 5.46. The molecule has 0 fully saturated rings. The second-order valence-electron chi connectivity index (χ2n) is 4.19. The first kappa shape index (κ1) is 13.0.